The summed E-state index contributed by atoms with van der Waals surface area (Å²) >= 11 is 1.85. The highest BCUT2D eigenvalue weighted by Gasteiger charge is 2.32. The highest BCUT2D eigenvalue weighted by atomic mass is 32.1. The standard InChI is InChI=1S/C16H25N3O2S/c1-12(18-6-4-15-13(11-18)5-9-22-15)10-17-16(21)19(7-8-20)14-2-3-14/h5,9,12,14,20H,2-4,6-8,10-11H2,1H3,(H,17,21)/t12-/m0/s1. The van der Waals surface area contributed by atoms with Crippen LogP contribution >= 0.6 is 11.3 Å². The lowest BCUT2D eigenvalue weighted by molar-refractivity contribution is 0.161. The number of nitrogens with one attached hydrogen (secondary N) is 1. The first-order valence-electron chi connectivity index (χ1n) is 8.13. The Morgan fingerprint density at radius 2 is 2.41 bits per heavy atom. The van der Waals surface area contributed by atoms with Crippen LogP contribution in [-0.2, 0) is 13.0 Å². The van der Waals surface area contributed by atoms with Crippen LogP contribution in [-0.4, -0.2) is 59.3 Å². The van der Waals surface area contributed by atoms with Gasteiger partial charge in [-0.1, -0.05) is 0 Å². The molecular weight excluding hydrogens is 298 g/mol. The highest BCUT2D eigenvalue weighted by Crippen LogP contribution is 2.27. The quantitative estimate of drug-likeness (QED) is 0.837. The molecule has 0 radical (unpaired) electrons. The van der Waals surface area contributed by atoms with E-state index >= 15 is 0 Å². The van der Waals surface area contributed by atoms with Crippen molar-refractivity contribution < 1.29 is 9.90 Å². The van der Waals surface area contributed by atoms with Crippen LogP contribution in [0.15, 0.2) is 11.4 Å². The van der Waals surface area contributed by atoms with Crippen LogP contribution in [0.25, 0.3) is 0 Å². The van der Waals surface area contributed by atoms with Gasteiger partial charge in [-0.05, 0) is 43.2 Å². The predicted octanol–water partition coefficient (Wildman–Crippen LogP) is 1.66. The Morgan fingerprint density at radius 1 is 1.59 bits per heavy atom. The van der Waals surface area contributed by atoms with Crippen molar-refractivity contribution in [2.75, 3.05) is 26.2 Å². The third-order valence-corrected chi connectivity index (χ3v) is 5.62. The van der Waals surface area contributed by atoms with Gasteiger partial charge in [-0.25, -0.2) is 4.79 Å². The largest absolute Gasteiger partial charge is 0.395 e. The second-order valence-electron chi connectivity index (χ2n) is 6.27. The zero-order valence-electron chi connectivity index (χ0n) is 13.1. The van der Waals surface area contributed by atoms with Crippen LogP contribution in [0.4, 0.5) is 4.79 Å². The summed E-state index contributed by atoms with van der Waals surface area (Å²) in [6.45, 7) is 5.35. The molecule has 2 N–H and O–H groups in total. The minimum atomic E-state index is -0.0309. The SMILES string of the molecule is C[C@@H](CNC(=O)N(CCO)C1CC1)N1CCc2sccc2C1. The number of hydrogen-bond donors (Lipinski definition) is 2. The Kier molecular flexibility index (Phi) is 5.00. The molecule has 122 valence electrons. The number of rotatable bonds is 6. The molecule has 2 aliphatic rings. The molecule has 0 aromatic carbocycles. The van der Waals surface area contributed by atoms with Gasteiger partial charge in [-0.3, -0.25) is 4.90 Å². The third-order valence-electron chi connectivity index (χ3n) is 4.60. The smallest absolute Gasteiger partial charge is 0.317 e. The molecule has 1 aromatic rings. The van der Waals surface area contributed by atoms with E-state index in [9.17, 15) is 4.79 Å². The molecule has 0 unspecified atom stereocenters. The number of aliphatic hydroxyl groups excluding tert-OH is 1. The van der Waals surface area contributed by atoms with Crippen molar-refractivity contribution >= 4 is 17.4 Å². The van der Waals surface area contributed by atoms with Crippen molar-refractivity contribution in [1.29, 1.82) is 0 Å². The second-order valence-corrected chi connectivity index (χ2v) is 7.27. The van der Waals surface area contributed by atoms with Crippen molar-refractivity contribution in [3.8, 4) is 0 Å². The van der Waals surface area contributed by atoms with Gasteiger partial charge in [0.2, 0.25) is 0 Å². The number of fused-ring (bicyclic) bond motifs is 1. The summed E-state index contributed by atoms with van der Waals surface area (Å²) in [7, 11) is 0. The average molecular weight is 323 g/mol. The Bertz CT molecular complexity index is 515. The van der Waals surface area contributed by atoms with E-state index in [1.165, 1.54) is 10.4 Å². The molecule has 0 spiro atoms. The van der Waals surface area contributed by atoms with Crippen LogP contribution in [0.3, 0.4) is 0 Å². The highest BCUT2D eigenvalue weighted by molar-refractivity contribution is 7.10. The normalized spacial score (nSPS) is 19.5. The number of urea groups is 1. The summed E-state index contributed by atoms with van der Waals surface area (Å²) in [5.74, 6) is 0. The van der Waals surface area contributed by atoms with Crippen molar-refractivity contribution in [3.63, 3.8) is 0 Å². The molecule has 22 heavy (non-hydrogen) atoms. The van der Waals surface area contributed by atoms with E-state index in [2.05, 4.69) is 28.6 Å². The van der Waals surface area contributed by atoms with E-state index < -0.39 is 0 Å². The summed E-state index contributed by atoms with van der Waals surface area (Å²) in [6, 6.07) is 2.85. The van der Waals surface area contributed by atoms with E-state index in [-0.39, 0.29) is 12.6 Å². The van der Waals surface area contributed by atoms with E-state index in [1.54, 1.807) is 4.90 Å². The van der Waals surface area contributed by atoms with Gasteiger partial charge in [0, 0.05) is 43.1 Å². The van der Waals surface area contributed by atoms with Crippen molar-refractivity contribution in [1.82, 2.24) is 15.1 Å². The van der Waals surface area contributed by atoms with Crippen LogP contribution < -0.4 is 5.32 Å². The molecule has 0 bridgehead atoms. The van der Waals surface area contributed by atoms with Gasteiger partial charge in [-0.2, -0.15) is 0 Å². The fourth-order valence-corrected chi connectivity index (χ4v) is 3.95. The Morgan fingerprint density at radius 3 is 3.14 bits per heavy atom. The first-order chi connectivity index (χ1) is 10.7. The Labute approximate surface area is 135 Å². The van der Waals surface area contributed by atoms with E-state index in [0.717, 1.165) is 32.4 Å². The number of aliphatic hydroxyl groups is 1. The van der Waals surface area contributed by atoms with E-state index in [1.807, 2.05) is 11.3 Å². The zero-order valence-corrected chi connectivity index (χ0v) is 13.9. The minimum absolute atomic E-state index is 0.0309. The summed E-state index contributed by atoms with van der Waals surface area (Å²) in [5, 5.41) is 14.3. The Hall–Kier alpha value is -1.11. The molecule has 3 rings (SSSR count). The molecule has 5 nitrogen and oxygen atoms in total. The summed E-state index contributed by atoms with van der Waals surface area (Å²) < 4.78 is 0. The van der Waals surface area contributed by atoms with Crippen LogP contribution in [0.1, 0.15) is 30.2 Å². The van der Waals surface area contributed by atoms with Crippen LogP contribution in [0, 0.1) is 0 Å². The lowest BCUT2D eigenvalue weighted by atomic mass is 10.1. The first-order valence-corrected chi connectivity index (χ1v) is 9.01. The lowest BCUT2D eigenvalue weighted by Crippen LogP contribution is -2.48. The van der Waals surface area contributed by atoms with Gasteiger partial charge in [-0.15, -0.1) is 11.3 Å². The first kappa shape index (κ1) is 15.8. The minimum Gasteiger partial charge on any atom is -0.395 e. The molecule has 2 heterocycles. The van der Waals surface area contributed by atoms with Crippen LogP contribution in [0.5, 0.6) is 0 Å². The maximum absolute atomic E-state index is 12.2. The number of thiophene rings is 1. The van der Waals surface area contributed by atoms with Gasteiger partial charge in [0.1, 0.15) is 0 Å². The second kappa shape index (κ2) is 6.98. The fraction of sp³-hybridized carbons (Fsp3) is 0.688. The molecule has 1 aromatic heterocycles. The van der Waals surface area contributed by atoms with Gasteiger partial charge in [0.25, 0.3) is 0 Å². The number of amides is 2. The molecule has 0 saturated heterocycles. The molecule has 1 aliphatic heterocycles. The number of carbonyl (C=O) groups is 1. The maximum atomic E-state index is 12.2. The predicted molar refractivity (Wildman–Crippen MR) is 88.1 cm³/mol. The van der Waals surface area contributed by atoms with Gasteiger partial charge < -0.3 is 15.3 Å². The van der Waals surface area contributed by atoms with Gasteiger partial charge in [0.05, 0.1) is 6.61 Å². The lowest BCUT2D eigenvalue weighted by Gasteiger charge is -2.33. The van der Waals surface area contributed by atoms with Crippen molar-refractivity contribution in [2.24, 2.45) is 0 Å². The molecule has 1 saturated carbocycles. The van der Waals surface area contributed by atoms with Crippen molar-refractivity contribution in [2.45, 2.75) is 44.8 Å². The zero-order chi connectivity index (χ0) is 15.5. The number of hydrogen-bond acceptors (Lipinski definition) is 4. The van der Waals surface area contributed by atoms with E-state index in [4.69, 9.17) is 5.11 Å². The molecule has 1 fully saturated rings. The monoisotopic (exact) mass is 323 g/mol. The van der Waals surface area contributed by atoms with Crippen molar-refractivity contribution in [3.05, 3.63) is 21.9 Å². The summed E-state index contributed by atoms with van der Waals surface area (Å²) in [4.78, 5) is 18.0. The molecular formula is C16H25N3O2S. The van der Waals surface area contributed by atoms with Gasteiger partial charge >= 0.3 is 6.03 Å². The maximum Gasteiger partial charge on any atom is 0.317 e. The Balaban J connectivity index is 1.47. The molecule has 6 heteroatoms. The summed E-state index contributed by atoms with van der Waals surface area (Å²) in [6.07, 6.45) is 3.25. The molecule has 2 amide bonds. The topological polar surface area (TPSA) is 55.8 Å². The number of carbonyl (C=O) groups excluding carboxylic acids is 1. The van der Waals surface area contributed by atoms with Crippen LogP contribution in [0.2, 0.25) is 0 Å². The van der Waals surface area contributed by atoms with E-state index in [0.29, 0.717) is 25.2 Å². The summed E-state index contributed by atoms with van der Waals surface area (Å²) in [5.41, 5.74) is 1.44. The van der Waals surface area contributed by atoms with Gasteiger partial charge in [0.15, 0.2) is 0 Å². The molecule has 1 aliphatic carbocycles. The average Bonchev–Trinajstić information content (AvgIpc) is 3.26. The third kappa shape index (κ3) is 3.62. The molecule has 1 atom stereocenters. The number of nitrogens with zero attached hydrogens (tertiary/aromatic N) is 2. The fourth-order valence-electron chi connectivity index (χ4n) is 3.06.